The normalized spacial score (nSPS) is 12.8. The van der Waals surface area contributed by atoms with Crippen LogP contribution in [-0.4, -0.2) is 0 Å². The zero-order valence-electron chi connectivity index (χ0n) is 8.51. The topological polar surface area (TPSA) is 0 Å². The number of hydrogen-bond donors (Lipinski definition) is 0. The number of alkyl halides is 1. The predicted octanol–water partition coefficient (Wildman–Crippen LogP) is 5.96. The van der Waals surface area contributed by atoms with E-state index in [1.165, 1.54) is 10.4 Å². The molecule has 0 saturated carbocycles. The van der Waals surface area contributed by atoms with Crippen molar-refractivity contribution in [3.05, 3.63) is 55.1 Å². The average Bonchev–Trinajstić information content (AvgIpc) is 2.67. The lowest BCUT2D eigenvalue weighted by Crippen LogP contribution is -1.91. The number of thiophene rings is 1. The van der Waals surface area contributed by atoms with Gasteiger partial charge in [-0.05, 0) is 51.5 Å². The molecule has 1 unspecified atom stereocenters. The molecule has 1 heterocycles. The van der Waals surface area contributed by atoms with Crippen LogP contribution in [0.3, 0.4) is 0 Å². The first-order valence-electron chi connectivity index (χ1n) is 4.72. The summed E-state index contributed by atoms with van der Waals surface area (Å²) in [5, 5.41) is 2.89. The van der Waals surface area contributed by atoms with Gasteiger partial charge in [0.2, 0.25) is 0 Å². The Kier molecular flexibility index (Phi) is 4.11. The summed E-state index contributed by atoms with van der Waals surface area (Å²) in [6.07, 6.45) is 0. The lowest BCUT2D eigenvalue weighted by molar-refractivity contribution is 1.20. The van der Waals surface area contributed by atoms with Crippen molar-refractivity contribution in [3.8, 4) is 0 Å². The van der Waals surface area contributed by atoms with Crippen LogP contribution in [0, 0.1) is 6.92 Å². The van der Waals surface area contributed by atoms with Crippen LogP contribution in [0.5, 0.6) is 0 Å². The van der Waals surface area contributed by atoms with Crippen molar-refractivity contribution in [1.82, 2.24) is 0 Å². The molecule has 0 fully saturated rings. The third-order valence-electron chi connectivity index (χ3n) is 2.35. The maximum absolute atomic E-state index is 6.02. The van der Waals surface area contributed by atoms with Crippen molar-refractivity contribution in [2.24, 2.45) is 0 Å². The molecule has 0 aliphatic carbocycles. The van der Waals surface area contributed by atoms with E-state index in [4.69, 9.17) is 11.6 Å². The minimum atomic E-state index is 0.220. The molecule has 1 atom stereocenters. The number of rotatable bonds is 2. The molecule has 16 heavy (non-hydrogen) atoms. The fourth-order valence-corrected chi connectivity index (χ4v) is 4.35. The summed E-state index contributed by atoms with van der Waals surface area (Å²) in [6.45, 7) is 2.02. The highest BCUT2D eigenvalue weighted by Gasteiger charge is 2.15. The minimum absolute atomic E-state index is 0.220. The average molecular weight is 381 g/mol. The van der Waals surface area contributed by atoms with Gasteiger partial charge < -0.3 is 0 Å². The van der Waals surface area contributed by atoms with Crippen molar-refractivity contribution in [2.45, 2.75) is 11.8 Å². The number of halogens is 3. The third kappa shape index (κ3) is 2.53. The van der Waals surface area contributed by atoms with E-state index in [0.717, 1.165) is 15.1 Å². The Morgan fingerprint density at radius 2 is 2.06 bits per heavy atom. The van der Waals surface area contributed by atoms with Crippen LogP contribution in [0.25, 0.3) is 0 Å². The Bertz CT molecular complexity index is 507. The van der Waals surface area contributed by atoms with E-state index in [9.17, 15) is 0 Å². The van der Waals surface area contributed by atoms with Crippen LogP contribution < -0.4 is 0 Å². The summed E-state index contributed by atoms with van der Waals surface area (Å²) in [5.74, 6) is 0. The Morgan fingerprint density at radius 1 is 1.31 bits per heavy atom. The molecular formula is C12H9Br2ClS. The van der Waals surface area contributed by atoms with Crippen molar-refractivity contribution >= 4 is 54.8 Å². The molecule has 1 aromatic carbocycles. The summed E-state index contributed by atoms with van der Waals surface area (Å²) in [4.78, 5) is 1.50. The van der Waals surface area contributed by atoms with Gasteiger partial charge in [-0.25, -0.2) is 0 Å². The number of aryl methyl sites for hydroxylation is 1. The first-order valence-corrected chi connectivity index (χ1v) is 7.69. The summed E-state index contributed by atoms with van der Waals surface area (Å²) < 4.78 is 1.15. The van der Waals surface area contributed by atoms with Crippen molar-refractivity contribution in [2.75, 3.05) is 0 Å². The van der Waals surface area contributed by atoms with Crippen LogP contribution in [0.15, 0.2) is 34.1 Å². The van der Waals surface area contributed by atoms with E-state index >= 15 is 0 Å². The van der Waals surface area contributed by atoms with Gasteiger partial charge in [0, 0.05) is 14.4 Å². The first kappa shape index (κ1) is 12.6. The van der Waals surface area contributed by atoms with Crippen molar-refractivity contribution in [3.63, 3.8) is 0 Å². The van der Waals surface area contributed by atoms with Gasteiger partial charge in [0.15, 0.2) is 0 Å². The molecule has 0 aliphatic heterocycles. The predicted molar refractivity (Wildman–Crippen MR) is 79.0 cm³/mol. The minimum Gasteiger partial charge on any atom is -0.146 e. The van der Waals surface area contributed by atoms with Crippen molar-refractivity contribution < 1.29 is 0 Å². The summed E-state index contributed by atoms with van der Waals surface area (Å²) in [7, 11) is 0. The third-order valence-corrected chi connectivity index (χ3v) is 6.00. The van der Waals surface area contributed by atoms with Gasteiger partial charge in [0.1, 0.15) is 0 Å². The zero-order chi connectivity index (χ0) is 11.7. The van der Waals surface area contributed by atoms with E-state index in [1.807, 2.05) is 13.0 Å². The SMILES string of the molecule is Cc1cc(C(Br)c2sccc2Br)ccc1Cl. The van der Waals surface area contributed by atoms with Gasteiger partial charge in [0.25, 0.3) is 0 Å². The quantitative estimate of drug-likeness (QED) is 0.564. The van der Waals surface area contributed by atoms with Crippen LogP contribution in [0.1, 0.15) is 20.8 Å². The molecule has 4 heteroatoms. The van der Waals surface area contributed by atoms with E-state index in [2.05, 4.69) is 55.4 Å². The summed E-state index contributed by atoms with van der Waals surface area (Å²) in [5.41, 5.74) is 2.33. The molecule has 0 nitrogen and oxygen atoms in total. The molecule has 2 aromatic rings. The van der Waals surface area contributed by atoms with E-state index in [-0.39, 0.29) is 4.83 Å². The molecule has 0 radical (unpaired) electrons. The maximum atomic E-state index is 6.02. The van der Waals surface area contributed by atoms with Gasteiger partial charge in [-0.15, -0.1) is 11.3 Å². The standard InChI is InChI=1S/C12H9Br2ClS/c1-7-6-8(2-3-10(7)15)11(14)12-9(13)4-5-16-12/h2-6,11H,1H3. The summed E-state index contributed by atoms with van der Waals surface area (Å²) >= 11 is 15.0. The fourth-order valence-electron chi connectivity index (χ4n) is 1.46. The molecule has 0 bridgehead atoms. The maximum Gasteiger partial charge on any atom is 0.0749 e. The van der Waals surface area contributed by atoms with E-state index in [0.29, 0.717) is 0 Å². The van der Waals surface area contributed by atoms with Crippen LogP contribution in [0.4, 0.5) is 0 Å². The molecular weight excluding hydrogens is 371 g/mol. The lowest BCUT2D eigenvalue weighted by Gasteiger charge is -2.10. The monoisotopic (exact) mass is 378 g/mol. The highest BCUT2D eigenvalue weighted by atomic mass is 79.9. The molecule has 84 valence electrons. The highest BCUT2D eigenvalue weighted by Crippen LogP contribution is 2.39. The fraction of sp³-hybridized carbons (Fsp3) is 0.167. The smallest absolute Gasteiger partial charge is 0.0749 e. The second kappa shape index (κ2) is 5.21. The number of benzene rings is 1. The molecule has 2 rings (SSSR count). The Hall–Kier alpha value is 0.170. The highest BCUT2D eigenvalue weighted by molar-refractivity contribution is 9.11. The van der Waals surface area contributed by atoms with Gasteiger partial charge in [-0.3, -0.25) is 0 Å². The van der Waals surface area contributed by atoms with E-state index in [1.54, 1.807) is 11.3 Å². The first-order chi connectivity index (χ1) is 7.59. The lowest BCUT2D eigenvalue weighted by atomic mass is 10.1. The molecule has 0 spiro atoms. The molecule has 0 amide bonds. The largest absolute Gasteiger partial charge is 0.146 e. The van der Waals surface area contributed by atoms with Crippen LogP contribution in [0.2, 0.25) is 5.02 Å². The van der Waals surface area contributed by atoms with E-state index < -0.39 is 0 Å². The Morgan fingerprint density at radius 3 is 2.62 bits per heavy atom. The Balaban J connectivity index is 2.38. The Labute approximate surface area is 121 Å². The van der Waals surface area contributed by atoms with Gasteiger partial charge >= 0.3 is 0 Å². The van der Waals surface area contributed by atoms with Gasteiger partial charge in [-0.2, -0.15) is 0 Å². The number of hydrogen-bond acceptors (Lipinski definition) is 1. The van der Waals surface area contributed by atoms with Crippen molar-refractivity contribution in [1.29, 1.82) is 0 Å². The zero-order valence-corrected chi connectivity index (χ0v) is 13.3. The van der Waals surface area contributed by atoms with Gasteiger partial charge in [0.05, 0.1) is 4.83 Å². The second-order valence-corrected chi connectivity index (χ2v) is 6.63. The molecule has 1 aromatic heterocycles. The molecule has 0 N–H and O–H groups in total. The summed E-state index contributed by atoms with van der Waals surface area (Å²) in [6, 6.07) is 8.19. The van der Waals surface area contributed by atoms with Gasteiger partial charge in [-0.1, -0.05) is 39.7 Å². The second-order valence-electron chi connectivity index (χ2n) is 3.50. The molecule has 0 aliphatic rings. The van der Waals surface area contributed by atoms with Crippen LogP contribution >= 0.6 is 54.8 Å². The molecule has 0 saturated heterocycles. The van der Waals surface area contributed by atoms with Crippen LogP contribution in [-0.2, 0) is 0 Å².